The minimum atomic E-state index is -0.677. The number of rotatable bonds is 5. The highest BCUT2D eigenvalue weighted by Crippen LogP contribution is 2.14. The molecule has 0 radical (unpaired) electrons. The molecule has 1 aliphatic rings. The highest BCUT2D eigenvalue weighted by atomic mass is 16.2. The Kier molecular flexibility index (Phi) is 9.25. The van der Waals surface area contributed by atoms with E-state index in [4.69, 9.17) is 0 Å². The van der Waals surface area contributed by atoms with Crippen LogP contribution in [0, 0.1) is 11.8 Å². The highest BCUT2D eigenvalue weighted by Gasteiger charge is 2.28. The van der Waals surface area contributed by atoms with Gasteiger partial charge in [-0.3, -0.25) is 14.4 Å². The molecule has 0 spiro atoms. The van der Waals surface area contributed by atoms with Gasteiger partial charge in [-0.1, -0.05) is 32.1 Å². The fraction of sp³-hybridized carbons (Fsp3) is 0.579. The minimum Gasteiger partial charge on any atom is -0.352 e. The summed E-state index contributed by atoms with van der Waals surface area (Å²) in [4.78, 5) is 48.5. The van der Waals surface area contributed by atoms with Gasteiger partial charge in [-0.05, 0) is 19.3 Å². The van der Waals surface area contributed by atoms with E-state index in [0.29, 0.717) is 13.0 Å². The van der Waals surface area contributed by atoms with Crippen molar-refractivity contribution < 1.29 is 19.2 Å². The molecule has 0 aromatic rings. The number of Topliss-reactive ketones (excluding diaryl/α,β-unsaturated/α-hetero) is 1. The summed E-state index contributed by atoms with van der Waals surface area (Å²) in [5.41, 5.74) is 0. The summed E-state index contributed by atoms with van der Waals surface area (Å²) in [6.07, 6.45) is 6.99. The molecule has 0 aromatic heterocycles. The van der Waals surface area contributed by atoms with Gasteiger partial charge in [-0.2, -0.15) is 0 Å². The number of urea groups is 1. The molecule has 27 heavy (non-hydrogen) atoms. The van der Waals surface area contributed by atoms with Crippen molar-refractivity contribution in [2.24, 2.45) is 11.8 Å². The third-order valence-electron chi connectivity index (χ3n) is 4.17. The first-order valence-electron chi connectivity index (χ1n) is 9.18. The molecule has 0 bridgehead atoms. The van der Waals surface area contributed by atoms with Crippen LogP contribution in [0.1, 0.15) is 33.6 Å². The second kappa shape index (κ2) is 11.2. The van der Waals surface area contributed by atoms with Gasteiger partial charge in [0, 0.05) is 32.1 Å². The fourth-order valence-electron chi connectivity index (χ4n) is 2.63. The van der Waals surface area contributed by atoms with Gasteiger partial charge in [0.25, 0.3) is 0 Å². The molecule has 4 amide bonds. The Morgan fingerprint density at radius 1 is 1.26 bits per heavy atom. The maximum atomic E-state index is 12.7. The average molecular weight is 378 g/mol. The largest absolute Gasteiger partial charge is 0.352 e. The van der Waals surface area contributed by atoms with Crippen molar-refractivity contribution in [1.29, 1.82) is 0 Å². The number of amides is 4. The van der Waals surface area contributed by atoms with Gasteiger partial charge < -0.3 is 21.3 Å². The van der Waals surface area contributed by atoms with Crippen LogP contribution in [0.25, 0.3) is 0 Å². The number of nitrogens with one attached hydrogen (secondary N) is 4. The molecular weight excluding hydrogens is 348 g/mol. The zero-order valence-electron chi connectivity index (χ0n) is 16.4. The summed E-state index contributed by atoms with van der Waals surface area (Å²) in [5.74, 6) is -1.46. The summed E-state index contributed by atoms with van der Waals surface area (Å²) in [5, 5.41) is 10.6. The van der Waals surface area contributed by atoms with Gasteiger partial charge in [-0.15, -0.1) is 0 Å². The quantitative estimate of drug-likeness (QED) is 0.526. The number of hydrogen-bond acceptors (Lipinski definition) is 4. The molecule has 0 saturated heterocycles. The average Bonchev–Trinajstić information content (AvgIpc) is 2.61. The zero-order chi connectivity index (χ0) is 20.4. The molecule has 8 nitrogen and oxygen atoms in total. The first kappa shape index (κ1) is 22.4. The summed E-state index contributed by atoms with van der Waals surface area (Å²) in [6.45, 7) is 5.87. The minimum absolute atomic E-state index is 0.0159. The Labute approximate surface area is 160 Å². The maximum absolute atomic E-state index is 12.7. The van der Waals surface area contributed by atoms with E-state index in [9.17, 15) is 19.2 Å². The molecular formula is C19H30N4O4. The molecule has 0 fully saturated rings. The van der Waals surface area contributed by atoms with E-state index >= 15 is 0 Å². The van der Waals surface area contributed by atoms with Gasteiger partial charge in [0.2, 0.25) is 11.8 Å². The maximum Gasteiger partial charge on any atom is 0.315 e. The Hall–Kier alpha value is -2.64. The molecule has 1 heterocycles. The molecule has 0 aliphatic carbocycles. The second-order valence-electron chi connectivity index (χ2n) is 6.89. The Morgan fingerprint density at radius 2 is 1.96 bits per heavy atom. The van der Waals surface area contributed by atoms with Gasteiger partial charge in [-0.25, -0.2) is 4.79 Å². The highest BCUT2D eigenvalue weighted by molar-refractivity contribution is 5.93. The molecule has 4 N–H and O–H groups in total. The first-order chi connectivity index (χ1) is 12.7. The Bertz CT molecular complexity index is 613. The van der Waals surface area contributed by atoms with Crippen LogP contribution in [-0.2, 0) is 14.4 Å². The third kappa shape index (κ3) is 8.06. The lowest BCUT2D eigenvalue weighted by Gasteiger charge is -2.23. The van der Waals surface area contributed by atoms with Crippen LogP contribution in [0.5, 0.6) is 0 Å². The van der Waals surface area contributed by atoms with E-state index in [2.05, 4.69) is 21.3 Å². The molecule has 150 valence electrons. The fourth-order valence-corrected chi connectivity index (χ4v) is 2.63. The number of carbonyl (C=O) groups excluding carboxylic acids is 4. The predicted octanol–water partition coefficient (Wildman–Crippen LogP) is 0.652. The lowest BCUT2D eigenvalue weighted by molar-refractivity contribution is -0.129. The van der Waals surface area contributed by atoms with Crippen molar-refractivity contribution in [2.75, 3.05) is 13.6 Å². The van der Waals surface area contributed by atoms with Crippen molar-refractivity contribution in [3.63, 3.8) is 0 Å². The van der Waals surface area contributed by atoms with E-state index in [1.54, 1.807) is 25.2 Å². The SMILES string of the molecule is CNC(=O)N[C@@H](C(=O)C[C@H]1/C=C/CCNC(=O)/C=C/[C@H](C)NC1=O)C(C)C. The monoisotopic (exact) mass is 378 g/mol. The Balaban J connectivity index is 2.90. The number of hydrogen-bond donors (Lipinski definition) is 4. The molecule has 3 atom stereocenters. The van der Waals surface area contributed by atoms with Crippen molar-refractivity contribution in [2.45, 2.75) is 45.7 Å². The topological polar surface area (TPSA) is 116 Å². The number of ketones is 1. The zero-order valence-corrected chi connectivity index (χ0v) is 16.4. The summed E-state index contributed by atoms with van der Waals surface area (Å²) in [7, 11) is 1.48. The van der Waals surface area contributed by atoms with E-state index in [0.717, 1.165) is 0 Å². The smallest absolute Gasteiger partial charge is 0.315 e. The lowest BCUT2D eigenvalue weighted by atomic mass is 9.91. The summed E-state index contributed by atoms with van der Waals surface area (Å²) < 4.78 is 0. The van der Waals surface area contributed by atoms with E-state index in [1.807, 2.05) is 13.8 Å². The van der Waals surface area contributed by atoms with Crippen LogP contribution < -0.4 is 21.3 Å². The molecule has 8 heteroatoms. The predicted molar refractivity (Wildman–Crippen MR) is 103 cm³/mol. The molecule has 0 unspecified atom stereocenters. The molecule has 1 aliphatic heterocycles. The molecule has 1 rings (SSSR count). The second-order valence-corrected chi connectivity index (χ2v) is 6.89. The van der Waals surface area contributed by atoms with Crippen LogP contribution in [0.4, 0.5) is 4.79 Å². The number of carbonyl (C=O) groups is 4. The van der Waals surface area contributed by atoms with Crippen LogP contribution in [0.3, 0.4) is 0 Å². The van der Waals surface area contributed by atoms with Crippen molar-refractivity contribution in [1.82, 2.24) is 21.3 Å². The normalized spacial score (nSPS) is 24.5. The van der Waals surface area contributed by atoms with Crippen LogP contribution in [0.15, 0.2) is 24.3 Å². The van der Waals surface area contributed by atoms with E-state index in [1.165, 1.54) is 13.1 Å². The van der Waals surface area contributed by atoms with Gasteiger partial charge >= 0.3 is 6.03 Å². The standard InChI is InChI=1S/C19H30N4O4/c1-12(2)17(23-19(27)20-4)15(24)11-14-7-5-6-10-21-16(25)9-8-13(3)22-18(14)26/h5,7-9,12-14,17H,6,10-11H2,1-4H3,(H,21,25)(H,22,26)(H2,20,23,27)/b7-5+,9-8+/t13-,14+,17+/m0/s1. The van der Waals surface area contributed by atoms with Crippen molar-refractivity contribution >= 4 is 23.6 Å². The first-order valence-corrected chi connectivity index (χ1v) is 9.18. The van der Waals surface area contributed by atoms with Gasteiger partial charge in [0.15, 0.2) is 5.78 Å². The van der Waals surface area contributed by atoms with Crippen LogP contribution in [-0.4, -0.2) is 49.3 Å². The van der Waals surface area contributed by atoms with Crippen LogP contribution >= 0.6 is 0 Å². The van der Waals surface area contributed by atoms with Crippen LogP contribution in [0.2, 0.25) is 0 Å². The van der Waals surface area contributed by atoms with E-state index < -0.39 is 18.0 Å². The Morgan fingerprint density at radius 3 is 2.59 bits per heavy atom. The lowest BCUT2D eigenvalue weighted by Crippen LogP contribution is -2.48. The summed E-state index contributed by atoms with van der Waals surface area (Å²) in [6, 6.07) is -1.46. The molecule has 0 saturated carbocycles. The van der Waals surface area contributed by atoms with Gasteiger partial charge in [0.05, 0.1) is 12.0 Å². The van der Waals surface area contributed by atoms with Gasteiger partial charge in [0.1, 0.15) is 0 Å². The van der Waals surface area contributed by atoms with Crippen molar-refractivity contribution in [3.05, 3.63) is 24.3 Å². The van der Waals surface area contributed by atoms with E-state index in [-0.39, 0.29) is 36.0 Å². The molecule has 0 aromatic carbocycles. The van der Waals surface area contributed by atoms with Crippen molar-refractivity contribution in [3.8, 4) is 0 Å². The third-order valence-corrected chi connectivity index (χ3v) is 4.17. The summed E-state index contributed by atoms with van der Waals surface area (Å²) >= 11 is 0.